The molecule has 0 aliphatic carbocycles. The van der Waals surface area contributed by atoms with Gasteiger partial charge in [-0.2, -0.15) is 5.10 Å². The lowest BCUT2D eigenvalue weighted by Crippen LogP contribution is -2.20. The number of rotatable bonds is 4. The lowest BCUT2D eigenvalue weighted by molar-refractivity contribution is 0.0950. The molecule has 2 rings (SSSR count). The number of benzene rings is 1. The largest absolute Gasteiger partial charge is 0.496 e. The van der Waals surface area contributed by atoms with Crippen LogP contribution in [0.25, 0.3) is 0 Å². The van der Waals surface area contributed by atoms with E-state index >= 15 is 0 Å². The fourth-order valence-corrected chi connectivity index (χ4v) is 2.26. The number of methoxy groups -OCH3 is 1. The van der Waals surface area contributed by atoms with Crippen molar-refractivity contribution in [1.82, 2.24) is 10.4 Å². The third-order valence-electron chi connectivity index (χ3n) is 2.80. The maximum atomic E-state index is 12.1. The number of nitrogen functional groups attached to an aromatic ring is 1. The van der Waals surface area contributed by atoms with Gasteiger partial charge in [-0.3, -0.25) is 4.79 Å². The molecular formula is C14H11Cl3N4O2. The molecule has 0 saturated carbocycles. The zero-order chi connectivity index (χ0) is 17.0. The molecule has 2 aromatic rings. The Morgan fingerprint density at radius 1 is 1.30 bits per heavy atom. The quantitative estimate of drug-likeness (QED) is 0.488. The van der Waals surface area contributed by atoms with Crippen molar-refractivity contribution in [3.63, 3.8) is 0 Å². The normalized spacial score (nSPS) is 10.8. The van der Waals surface area contributed by atoms with Gasteiger partial charge >= 0.3 is 0 Å². The first kappa shape index (κ1) is 17.3. The molecule has 1 aromatic heterocycles. The van der Waals surface area contributed by atoms with Crippen LogP contribution in [0.15, 0.2) is 29.4 Å². The average molecular weight is 374 g/mol. The van der Waals surface area contributed by atoms with Gasteiger partial charge < -0.3 is 10.5 Å². The molecule has 0 fully saturated rings. The molecule has 0 atom stereocenters. The number of aromatic nitrogens is 1. The standard InChI is InChI=1S/C14H11Cl3N4O2/c1-23-8-5-3-2-4-7(8)6-19-21-14(22)12-9(15)11(18)10(16)13(17)20-12/h2-6H,1H3,(H2,18,20)(H,21,22)/b19-6-. The van der Waals surface area contributed by atoms with Crippen LogP contribution >= 0.6 is 34.8 Å². The number of ether oxygens (including phenoxy) is 1. The number of hydrogen-bond donors (Lipinski definition) is 2. The molecule has 1 amide bonds. The fourth-order valence-electron chi connectivity index (χ4n) is 1.67. The van der Waals surface area contributed by atoms with Crippen LogP contribution in [0.5, 0.6) is 5.75 Å². The van der Waals surface area contributed by atoms with E-state index in [1.54, 1.807) is 12.1 Å². The second-order valence-corrected chi connectivity index (χ2v) is 5.35. The third-order valence-corrected chi connectivity index (χ3v) is 3.93. The van der Waals surface area contributed by atoms with Gasteiger partial charge in [0.2, 0.25) is 0 Å². The lowest BCUT2D eigenvalue weighted by Gasteiger charge is -2.07. The number of halogens is 3. The van der Waals surface area contributed by atoms with E-state index in [0.29, 0.717) is 11.3 Å². The summed E-state index contributed by atoms with van der Waals surface area (Å²) in [6.45, 7) is 0. The van der Waals surface area contributed by atoms with Gasteiger partial charge in [0.1, 0.15) is 10.8 Å². The highest BCUT2D eigenvalue weighted by Crippen LogP contribution is 2.34. The number of hydrogen-bond acceptors (Lipinski definition) is 5. The van der Waals surface area contributed by atoms with Crippen molar-refractivity contribution in [2.24, 2.45) is 5.10 Å². The Morgan fingerprint density at radius 2 is 2.00 bits per heavy atom. The SMILES string of the molecule is COc1ccccc1/C=N\NC(=O)c1nc(Cl)c(Cl)c(N)c1Cl. The topological polar surface area (TPSA) is 89.6 Å². The third kappa shape index (κ3) is 3.85. The van der Waals surface area contributed by atoms with Crippen molar-refractivity contribution >= 4 is 52.6 Å². The second-order valence-electron chi connectivity index (χ2n) is 4.23. The molecule has 0 unspecified atom stereocenters. The molecule has 0 aliphatic rings. The highest BCUT2D eigenvalue weighted by molar-refractivity contribution is 6.46. The van der Waals surface area contributed by atoms with Crippen molar-refractivity contribution in [3.8, 4) is 5.75 Å². The van der Waals surface area contributed by atoms with E-state index in [9.17, 15) is 4.79 Å². The number of hydrazone groups is 1. The maximum Gasteiger partial charge on any atom is 0.291 e. The number of pyridine rings is 1. The van der Waals surface area contributed by atoms with E-state index in [1.165, 1.54) is 13.3 Å². The van der Waals surface area contributed by atoms with Crippen LogP contribution in [0, 0.1) is 0 Å². The number of amides is 1. The first-order valence-electron chi connectivity index (χ1n) is 6.22. The number of para-hydroxylation sites is 1. The minimum Gasteiger partial charge on any atom is -0.496 e. The number of anilines is 1. The van der Waals surface area contributed by atoms with E-state index < -0.39 is 5.91 Å². The van der Waals surface area contributed by atoms with Gasteiger partial charge in [-0.25, -0.2) is 10.4 Å². The van der Waals surface area contributed by atoms with E-state index in [1.807, 2.05) is 12.1 Å². The Labute approximate surface area is 147 Å². The summed E-state index contributed by atoms with van der Waals surface area (Å²) in [5.41, 5.74) is 8.43. The van der Waals surface area contributed by atoms with Gasteiger partial charge in [0.25, 0.3) is 5.91 Å². The minimum atomic E-state index is -0.675. The van der Waals surface area contributed by atoms with Crippen LogP contribution < -0.4 is 15.9 Å². The predicted octanol–water partition coefficient (Wildman–Crippen LogP) is 3.40. The summed E-state index contributed by atoms with van der Waals surface area (Å²) in [7, 11) is 1.54. The summed E-state index contributed by atoms with van der Waals surface area (Å²) in [5, 5.41) is 3.61. The van der Waals surface area contributed by atoms with Gasteiger partial charge in [-0.1, -0.05) is 46.9 Å². The van der Waals surface area contributed by atoms with Crippen LogP contribution in [0.3, 0.4) is 0 Å². The Morgan fingerprint density at radius 3 is 2.70 bits per heavy atom. The molecule has 0 aliphatic heterocycles. The van der Waals surface area contributed by atoms with Crippen molar-refractivity contribution in [3.05, 3.63) is 50.7 Å². The van der Waals surface area contributed by atoms with Gasteiger partial charge in [-0.15, -0.1) is 0 Å². The summed E-state index contributed by atoms with van der Waals surface area (Å²) in [5.74, 6) is -0.0631. The van der Waals surface area contributed by atoms with E-state index in [4.69, 9.17) is 45.3 Å². The highest BCUT2D eigenvalue weighted by atomic mass is 35.5. The molecule has 0 bridgehead atoms. The molecule has 6 nitrogen and oxygen atoms in total. The molecule has 1 aromatic carbocycles. The number of carbonyl (C=O) groups excluding carboxylic acids is 1. The maximum absolute atomic E-state index is 12.1. The number of carbonyl (C=O) groups is 1. The summed E-state index contributed by atoms with van der Waals surface area (Å²) in [6, 6.07) is 7.17. The molecule has 0 saturated heterocycles. The van der Waals surface area contributed by atoms with Crippen LogP contribution in [0.1, 0.15) is 16.1 Å². The summed E-state index contributed by atoms with van der Waals surface area (Å²) in [4.78, 5) is 15.9. The number of nitrogens with zero attached hydrogens (tertiary/aromatic N) is 2. The summed E-state index contributed by atoms with van der Waals surface area (Å²) >= 11 is 17.5. The van der Waals surface area contributed by atoms with E-state index in [2.05, 4.69) is 15.5 Å². The van der Waals surface area contributed by atoms with Crippen LogP contribution in [-0.2, 0) is 0 Å². The van der Waals surface area contributed by atoms with Gasteiger partial charge in [0.15, 0.2) is 10.8 Å². The highest BCUT2D eigenvalue weighted by Gasteiger charge is 2.19. The Balaban J connectivity index is 2.19. The summed E-state index contributed by atoms with van der Waals surface area (Å²) in [6.07, 6.45) is 1.42. The van der Waals surface area contributed by atoms with Gasteiger partial charge in [-0.05, 0) is 12.1 Å². The summed E-state index contributed by atoms with van der Waals surface area (Å²) < 4.78 is 5.17. The lowest BCUT2D eigenvalue weighted by atomic mass is 10.2. The minimum absolute atomic E-state index is 0.00857. The molecule has 1 heterocycles. The monoisotopic (exact) mass is 372 g/mol. The Bertz CT molecular complexity index is 781. The molecule has 23 heavy (non-hydrogen) atoms. The molecule has 9 heteroatoms. The van der Waals surface area contributed by atoms with Crippen LogP contribution in [0.2, 0.25) is 15.2 Å². The number of nitrogens with one attached hydrogen (secondary N) is 1. The molecular weight excluding hydrogens is 363 g/mol. The van der Waals surface area contributed by atoms with Crippen molar-refractivity contribution in [2.75, 3.05) is 12.8 Å². The van der Waals surface area contributed by atoms with Gasteiger partial charge in [0, 0.05) is 5.56 Å². The van der Waals surface area contributed by atoms with E-state index in [-0.39, 0.29) is 26.6 Å². The average Bonchev–Trinajstić information content (AvgIpc) is 2.56. The zero-order valence-corrected chi connectivity index (χ0v) is 14.1. The number of nitrogens with two attached hydrogens (primary N) is 1. The molecule has 0 spiro atoms. The van der Waals surface area contributed by atoms with Crippen molar-refractivity contribution in [2.45, 2.75) is 0 Å². The van der Waals surface area contributed by atoms with Crippen LogP contribution in [-0.4, -0.2) is 24.2 Å². The first-order chi connectivity index (χ1) is 11.0. The predicted molar refractivity (Wildman–Crippen MR) is 91.7 cm³/mol. The zero-order valence-electron chi connectivity index (χ0n) is 11.8. The first-order valence-corrected chi connectivity index (χ1v) is 7.35. The van der Waals surface area contributed by atoms with Crippen molar-refractivity contribution in [1.29, 1.82) is 0 Å². The Kier molecular flexibility index (Phi) is 5.65. The smallest absolute Gasteiger partial charge is 0.291 e. The Hall–Kier alpha value is -2.02. The fraction of sp³-hybridized carbons (Fsp3) is 0.0714. The second kappa shape index (κ2) is 7.50. The van der Waals surface area contributed by atoms with Gasteiger partial charge in [0.05, 0.1) is 24.0 Å². The van der Waals surface area contributed by atoms with E-state index in [0.717, 1.165) is 0 Å². The molecule has 0 radical (unpaired) electrons. The van der Waals surface area contributed by atoms with Crippen LogP contribution in [0.4, 0.5) is 5.69 Å². The molecule has 120 valence electrons. The molecule has 3 N–H and O–H groups in total. The van der Waals surface area contributed by atoms with Crippen molar-refractivity contribution < 1.29 is 9.53 Å².